The van der Waals surface area contributed by atoms with Gasteiger partial charge in [-0.15, -0.1) is 0 Å². The van der Waals surface area contributed by atoms with Crippen molar-refractivity contribution in [2.24, 2.45) is 0 Å². The van der Waals surface area contributed by atoms with Gasteiger partial charge in [0, 0.05) is 29.9 Å². The number of rotatable bonds is 7. The smallest absolute Gasteiger partial charge is 0.244 e. The maximum absolute atomic E-state index is 12.2. The number of aromatic nitrogens is 2. The molecule has 6 heteroatoms. The first kappa shape index (κ1) is 20.1. The van der Waals surface area contributed by atoms with Gasteiger partial charge in [-0.2, -0.15) is 5.10 Å². The van der Waals surface area contributed by atoms with Gasteiger partial charge in [0.2, 0.25) is 11.8 Å². The molecule has 148 valence electrons. The highest BCUT2D eigenvalue weighted by Crippen LogP contribution is 2.16. The summed E-state index contributed by atoms with van der Waals surface area (Å²) in [4.78, 5) is 23.7. The number of para-hydroxylation sites is 1. The number of carbonyl (C=O) groups excluding carboxylic acids is 2. The van der Waals surface area contributed by atoms with Crippen LogP contribution in [0.5, 0.6) is 0 Å². The van der Waals surface area contributed by atoms with E-state index in [1.807, 2.05) is 74.6 Å². The molecule has 1 unspecified atom stereocenters. The van der Waals surface area contributed by atoms with E-state index in [2.05, 4.69) is 15.7 Å². The van der Waals surface area contributed by atoms with E-state index in [0.717, 1.165) is 22.5 Å². The van der Waals surface area contributed by atoms with Crippen molar-refractivity contribution >= 4 is 23.6 Å². The van der Waals surface area contributed by atoms with Crippen LogP contribution in [-0.4, -0.2) is 21.6 Å². The molecule has 2 amide bonds. The Balaban J connectivity index is 1.56. The molecule has 0 radical (unpaired) electrons. The van der Waals surface area contributed by atoms with Crippen LogP contribution < -0.4 is 10.6 Å². The van der Waals surface area contributed by atoms with E-state index in [-0.39, 0.29) is 17.9 Å². The number of amides is 2. The predicted octanol–water partition coefficient (Wildman–Crippen LogP) is 4.11. The fourth-order valence-electron chi connectivity index (χ4n) is 2.77. The van der Waals surface area contributed by atoms with Gasteiger partial charge in [-0.3, -0.25) is 9.59 Å². The Morgan fingerprint density at radius 2 is 1.83 bits per heavy atom. The number of benzene rings is 2. The topological polar surface area (TPSA) is 76.0 Å². The van der Waals surface area contributed by atoms with Crippen LogP contribution in [0.2, 0.25) is 0 Å². The lowest BCUT2D eigenvalue weighted by molar-refractivity contribution is -0.117. The third kappa shape index (κ3) is 5.65. The maximum Gasteiger partial charge on any atom is 0.244 e. The maximum atomic E-state index is 12.2. The van der Waals surface area contributed by atoms with Crippen molar-refractivity contribution in [2.45, 2.75) is 26.3 Å². The minimum atomic E-state index is -0.187. The van der Waals surface area contributed by atoms with E-state index in [1.165, 1.54) is 6.08 Å². The SMILES string of the molecule is CCC(=O)Nc1ccc(C(C)NC(=O)/C=C/c2cnn(-c3ccccc3)c2)cc1. The van der Waals surface area contributed by atoms with Gasteiger partial charge >= 0.3 is 0 Å². The molecule has 0 bridgehead atoms. The van der Waals surface area contributed by atoms with Crippen LogP contribution in [0.4, 0.5) is 5.69 Å². The summed E-state index contributed by atoms with van der Waals surface area (Å²) < 4.78 is 1.76. The Bertz CT molecular complexity index is 991. The number of nitrogens with one attached hydrogen (secondary N) is 2. The van der Waals surface area contributed by atoms with Gasteiger partial charge in [0.15, 0.2) is 0 Å². The van der Waals surface area contributed by atoms with Crippen molar-refractivity contribution in [3.8, 4) is 5.69 Å². The molecule has 0 aliphatic rings. The fourth-order valence-corrected chi connectivity index (χ4v) is 2.77. The largest absolute Gasteiger partial charge is 0.346 e. The molecule has 2 N–H and O–H groups in total. The highest BCUT2D eigenvalue weighted by Gasteiger charge is 2.08. The van der Waals surface area contributed by atoms with Gasteiger partial charge in [0.1, 0.15) is 0 Å². The Kier molecular flexibility index (Phi) is 6.58. The average molecular weight is 388 g/mol. The minimum Gasteiger partial charge on any atom is -0.346 e. The molecule has 0 aliphatic carbocycles. The fraction of sp³-hybridized carbons (Fsp3) is 0.174. The molecule has 0 fully saturated rings. The Morgan fingerprint density at radius 3 is 2.52 bits per heavy atom. The molecular weight excluding hydrogens is 364 g/mol. The van der Waals surface area contributed by atoms with E-state index >= 15 is 0 Å². The third-order valence-corrected chi connectivity index (χ3v) is 4.42. The van der Waals surface area contributed by atoms with Crippen molar-refractivity contribution in [3.05, 3.63) is 84.2 Å². The molecule has 3 aromatic rings. The van der Waals surface area contributed by atoms with E-state index < -0.39 is 0 Å². The second-order valence-electron chi connectivity index (χ2n) is 6.64. The summed E-state index contributed by atoms with van der Waals surface area (Å²) in [6.07, 6.45) is 7.25. The van der Waals surface area contributed by atoms with Crippen LogP contribution in [0.25, 0.3) is 11.8 Å². The highest BCUT2D eigenvalue weighted by atomic mass is 16.2. The lowest BCUT2D eigenvalue weighted by atomic mass is 10.1. The number of hydrogen-bond acceptors (Lipinski definition) is 3. The Labute approximate surface area is 170 Å². The second-order valence-corrected chi connectivity index (χ2v) is 6.64. The number of anilines is 1. The number of carbonyl (C=O) groups is 2. The Hall–Kier alpha value is -3.67. The first-order chi connectivity index (χ1) is 14.0. The molecule has 0 saturated carbocycles. The molecule has 1 aromatic heterocycles. The summed E-state index contributed by atoms with van der Waals surface area (Å²) in [7, 11) is 0. The lowest BCUT2D eigenvalue weighted by Gasteiger charge is -2.13. The molecule has 2 aromatic carbocycles. The van der Waals surface area contributed by atoms with Gasteiger partial charge in [-0.05, 0) is 42.8 Å². The third-order valence-electron chi connectivity index (χ3n) is 4.42. The van der Waals surface area contributed by atoms with Gasteiger partial charge in [0.05, 0.1) is 17.9 Å². The molecular formula is C23H24N4O2. The van der Waals surface area contributed by atoms with Crippen molar-refractivity contribution in [3.63, 3.8) is 0 Å². The second kappa shape index (κ2) is 9.50. The van der Waals surface area contributed by atoms with Crippen molar-refractivity contribution in [1.82, 2.24) is 15.1 Å². The molecule has 1 atom stereocenters. The summed E-state index contributed by atoms with van der Waals surface area (Å²) in [6.45, 7) is 3.72. The summed E-state index contributed by atoms with van der Waals surface area (Å²) >= 11 is 0. The normalized spacial score (nSPS) is 11.9. The average Bonchev–Trinajstić information content (AvgIpc) is 3.22. The summed E-state index contributed by atoms with van der Waals surface area (Å²) in [5.41, 5.74) is 3.50. The molecule has 0 saturated heterocycles. The zero-order valence-corrected chi connectivity index (χ0v) is 16.5. The molecule has 0 aliphatic heterocycles. The quantitative estimate of drug-likeness (QED) is 0.598. The summed E-state index contributed by atoms with van der Waals surface area (Å²) in [6, 6.07) is 17.1. The monoisotopic (exact) mass is 388 g/mol. The van der Waals surface area contributed by atoms with Crippen LogP contribution >= 0.6 is 0 Å². The van der Waals surface area contributed by atoms with E-state index in [4.69, 9.17) is 0 Å². The summed E-state index contributed by atoms with van der Waals surface area (Å²) in [5, 5.41) is 10.1. The van der Waals surface area contributed by atoms with Crippen molar-refractivity contribution in [1.29, 1.82) is 0 Å². The van der Waals surface area contributed by atoms with Gasteiger partial charge < -0.3 is 10.6 Å². The number of hydrogen-bond donors (Lipinski definition) is 2. The minimum absolute atomic E-state index is 0.0279. The van der Waals surface area contributed by atoms with Gasteiger partial charge in [0.25, 0.3) is 0 Å². The van der Waals surface area contributed by atoms with Crippen molar-refractivity contribution < 1.29 is 9.59 Å². The van der Waals surface area contributed by atoms with Gasteiger partial charge in [-0.1, -0.05) is 37.3 Å². The highest BCUT2D eigenvalue weighted by molar-refractivity contribution is 5.92. The van der Waals surface area contributed by atoms with Crippen LogP contribution in [0.1, 0.15) is 37.4 Å². The predicted molar refractivity (Wildman–Crippen MR) is 115 cm³/mol. The Morgan fingerprint density at radius 1 is 1.10 bits per heavy atom. The molecule has 0 spiro atoms. The van der Waals surface area contributed by atoms with Crippen LogP contribution in [0, 0.1) is 0 Å². The van der Waals surface area contributed by atoms with Crippen LogP contribution in [-0.2, 0) is 9.59 Å². The van der Waals surface area contributed by atoms with E-state index in [0.29, 0.717) is 6.42 Å². The molecule has 1 heterocycles. The van der Waals surface area contributed by atoms with E-state index in [1.54, 1.807) is 17.0 Å². The molecule has 3 rings (SSSR count). The number of nitrogens with zero attached hydrogens (tertiary/aromatic N) is 2. The standard InChI is InChI=1S/C23H24N4O2/c1-3-22(28)26-20-12-10-19(11-13-20)17(2)25-23(29)14-9-18-15-24-27(16-18)21-7-5-4-6-8-21/h4-17H,3H2,1-2H3,(H,25,29)(H,26,28)/b14-9+. The zero-order valence-electron chi connectivity index (χ0n) is 16.5. The van der Waals surface area contributed by atoms with Crippen molar-refractivity contribution in [2.75, 3.05) is 5.32 Å². The summed E-state index contributed by atoms with van der Waals surface area (Å²) in [5.74, 6) is -0.215. The van der Waals surface area contributed by atoms with Crippen LogP contribution in [0.3, 0.4) is 0 Å². The first-order valence-electron chi connectivity index (χ1n) is 9.53. The zero-order chi connectivity index (χ0) is 20.6. The first-order valence-corrected chi connectivity index (χ1v) is 9.53. The van der Waals surface area contributed by atoms with Gasteiger partial charge in [-0.25, -0.2) is 4.68 Å². The molecule has 6 nitrogen and oxygen atoms in total. The van der Waals surface area contributed by atoms with Crippen LogP contribution in [0.15, 0.2) is 73.1 Å². The molecule has 29 heavy (non-hydrogen) atoms. The lowest BCUT2D eigenvalue weighted by Crippen LogP contribution is -2.24. The van der Waals surface area contributed by atoms with E-state index in [9.17, 15) is 9.59 Å².